The van der Waals surface area contributed by atoms with Crippen LogP contribution in [0.3, 0.4) is 0 Å². The minimum absolute atomic E-state index is 0.453. The van der Waals surface area contributed by atoms with Crippen molar-refractivity contribution in [3.8, 4) is 0 Å². The summed E-state index contributed by atoms with van der Waals surface area (Å²) in [7, 11) is 1.31. The molecule has 10 atom stereocenters. The Morgan fingerprint density at radius 2 is 1.63 bits per heavy atom. The van der Waals surface area contributed by atoms with Crippen molar-refractivity contribution in [1.82, 2.24) is 5.32 Å². The van der Waals surface area contributed by atoms with E-state index in [1.165, 1.54) is 14.0 Å². The Hall–Kier alpha value is -0.930. The van der Waals surface area contributed by atoms with Crippen molar-refractivity contribution in [2.75, 3.05) is 20.3 Å². The van der Waals surface area contributed by atoms with Gasteiger partial charge >= 0.3 is 0 Å². The molecule has 12 heteroatoms. The molecule has 2 aliphatic rings. The third-order valence-corrected chi connectivity index (χ3v) is 4.68. The fraction of sp³-hybridized carbons (Fsp3) is 0.933. The lowest BCUT2D eigenvalue weighted by molar-refractivity contribution is -0.335. The lowest BCUT2D eigenvalue weighted by Crippen LogP contribution is -2.68. The van der Waals surface area contributed by atoms with Crippen LogP contribution in [0.25, 0.3) is 0 Å². The van der Waals surface area contributed by atoms with E-state index >= 15 is 0 Å². The van der Waals surface area contributed by atoms with Gasteiger partial charge < -0.3 is 55.5 Å². The van der Waals surface area contributed by atoms with Crippen molar-refractivity contribution < 1.29 is 49.3 Å². The van der Waals surface area contributed by atoms with E-state index in [0.717, 1.165) is 0 Å². The fourth-order valence-electron chi connectivity index (χ4n) is 3.21. The number of rotatable bonds is 6. The second kappa shape index (κ2) is 9.52. The van der Waals surface area contributed by atoms with Crippen LogP contribution in [0.1, 0.15) is 6.92 Å². The summed E-state index contributed by atoms with van der Waals surface area (Å²) in [4.78, 5) is 11.4. The molecule has 0 aliphatic carbocycles. The van der Waals surface area contributed by atoms with Crippen LogP contribution >= 0.6 is 0 Å². The van der Waals surface area contributed by atoms with Gasteiger partial charge in [0.25, 0.3) is 0 Å². The number of ether oxygens (including phenoxy) is 4. The molecule has 1 amide bonds. The van der Waals surface area contributed by atoms with Crippen molar-refractivity contribution in [3.63, 3.8) is 0 Å². The molecule has 2 heterocycles. The van der Waals surface area contributed by atoms with Crippen LogP contribution in [-0.4, -0.2) is 113 Å². The van der Waals surface area contributed by atoms with E-state index in [1.54, 1.807) is 0 Å². The normalized spacial score (nSPS) is 45.5. The number of carbonyl (C=O) groups excluding carboxylic acids is 1. The first-order valence-corrected chi connectivity index (χ1v) is 8.52. The molecule has 0 radical (unpaired) electrons. The highest BCUT2D eigenvalue weighted by molar-refractivity contribution is 5.73. The first-order chi connectivity index (χ1) is 12.7. The molecule has 0 aromatic rings. The molecule has 27 heavy (non-hydrogen) atoms. The maximum atomic E-state index is 11.4. The predicted molar refractivity (Wildman–Crippen MR) is 87.0 cm³/mol. The number of hydrogen-bond donors (Lipinski definition) is 7. The number of methoxy groups -OCH3 is 1. The van der Waals surface area contributed by atoms with E-state index < -0.39 is 80.4 Å². The third-order valence-electron chi connectivity index (χ3n) is 4.68. The summed E-state index contributed by atoms with van der Waals surface area (Å²) in [6.45, 7) is 0.109. The lowest BCUT2D eigenvalue weighted by Gasteiger charge is -2.47. The summed E-state index contributed by atoms with van der Waals surface area (Å²) in [5.41, 5.74) is 5.73. The van der Waals surface area contributed by atoms with Crippen LogP contribution in [0.4, 0.5) is 0 Å². The van der Waals surface area contributed by atoms with Gasteiger partial charge in [-0.25, -0.2) is 0 Å². The molecule has 0 saturated carbocycles. The second-order valence-electron chi connectivity index (χ2n) is 6.56. The average molecular weight is 396 g/mol. The second-order valence-corrected chi connectivity index (χ2v) is 6.56. The quantitative estimate of drug-likeness (QED) is 0.228. The monoisotopic (exact) mass is 396 g/mol. The Bertz CT molecular complexity index is 495. The van der Waals surface area contributed by atoms with Gasteiger partial charge in [-0.2, -0.15) is 0 Å². The number of nitrogens with one attached hydrogen (secondary N) is 1. The van der Waals surface area contributed by atoms with Crippen molar-refractivity contribution >= 4 is 5.91 Å². The lowest BCUT2D eigenvalue weighted by atomic mass is 9.95. The number of amides is 1. The van der Waals surface area contributed by atoms with E-state index in [2.05, 4.69) is 5.32 Å². The molecule has 2 saturated heterocycles. The van der Waals surface area contributed by atoms with Crippen molar-refractivity contribution in [2.45, 2.75) is 68.2 Å². The Morgan fingerprint density at radius 1 is 1.04 bits per heavy atom. The minimum Gasteiger partial charge on any atom is -0.394 e. The Labute approximate surface area is 155 Å². The zero-order chi connectivity index (χ0) is 20.3. The van der Waals surface area contributed by atoms with E-state index in [4.69, 9.17) is 24.7 Å². The van der Waals surface area contributed by atoms with E-state index in [1.807, 2.05) is 0 Å². The van der Waals surface area contributed by atoms with Gasteiger partial charge in [0.1, 0.15) is 42.7 Å². The number of nitrogens with two attached hydrogens (primary N) is 1. The van der Waals surface area contributed by atoms with Crippen molar-refractivity contribution in [2.24, 2.45) is 5.73 Å². The number of aliphatic hydroxyl groups is 5. The van der Waals surface area contributed by atoms with Crippen LogP contribution in [0.5, 0.6) is 0 Å². The molecule has 0 bridgehead atoms. The van der Waals surface area contributed by atoms with Crippen LogP contribution in [0, 0.1) is 0 Å². The van der Waals surface area contributed by atoms with Crippen LogP contribution in [-0.2, 0) is 23.7 Å². The summed E-state index contributed by atoms with van der Waals surface area (Å²) in [6.07, 6.45) is -10.1. The standard InChI is InChI=1S/C15H28N2O10/c1-5(20)17-9-12(23)13(7(4-19)26-14(9)24-2)27-15-11(22)8(16)10(21)6(3-18)25-15/h6-15,18-19,21-23H,3-4,16H2,1-2H3,(H,17,20)/t6-,7-,8+,9-,10+,11-,12-,13-,14-,15+/m1/s1. The molecule has 0 unspecified atom stereocenters. The zero-order valence-electron chi connectivity index (χ0n) is 15.0. The maximum Gasteiger partial charge on any atom is 0.217 e. The number of carbonyl (C=O) groups is 1. The van der Waals surface area contributed by atoms with Gasteiger partial charge in [0.15, 0.2) is 12.6 Å². The van der Waals surface area contributed by atoms with Crippen LogP contribution in [0.15, 0.2) is 0 Å². The van der Waals surface area contributed by atoms with Crippen LogP contribution < -0.4 is 11.1 Å². The van der Waals surface area contributed by atoms with E-state index in [-0.39, 0.29) is 0 Å². The zero-order valence-corrected chi connectivity index (χ0v) is 15.0. The van der Waals surface area contributed by atoms with Gasteiger partial charge in [0, 0.05) is 14.0 Å². The highest BCUT2D eigenvalue weighted by atomic mass is 16.7. The fourth-order valence-corrected chi connectivity index (χ4v) is 3.21. The Morgan fingerprint density at radius 3 is 2.15 bits per heavy atom. The highest BCUT2D eigenvalue weighted by Gasteiger charge is 2.50. The molecular formula is C15H28N2O10. The van der Waals surface area contributed by atoms with Gasteiger partial charge in [-0.05, 0) is 0 Å². The summed E-state index contributed by atoms with van der Waals surface area (Å²) >= 11 is 0. The maximum absolute atomic E-state index is 11.4. The molecule has 0 spiro atoms. The summed E-state index contributed by atoms with van der Waals surface area (Å²) < 4.78 is 21.5. The molecule has 158 valence electrons. The van der Waals surface area contributed by atoms with Gasteiger partial charge in [0.05, 0.1) is 19.3 Å². The Kier molecular flexibility index (Phi) is 7.88. The predicted octanol–water partition coefficient (Wildman–Crippen LogP) is -4.63. The SMILES string of the molecule is CO[C@@H]1O[C@H](CO)[C@@H](O[C@@H]2O[C@H](CO)[C@H](O)[C@H](N)[C@H]2O)[C@H](O)[C@H]1NC(C)=O. The van der Waals surface area contributed by atoms with Gasteiger partial charge in [-0.15, -0.1) is 0 Å². The molecule has 8 N–H and O–H groups in total. The summed E-state index contributed by atoms with van der Waals surface area (Å²) in [5.74, 6) is -0.453. The van der Waals surface area contributed by atoms with E-state index in [0.29, 0.717) is 0 Å². The third kappa shape index (κ3) is 4.74. The van der Waals surface area contributed by atoms with Crippen molar-refractivity contribution in [1.29, 1.82) is 0 Å². The van der Waals surface area contributed by atoms with Crippen LogP contribution in [0.2, 0.25) is 0 Å². The molecule has 2 aliphatic heterocycles. The minimum atomic E-state index is -1.48. The first-order valence-electron chi connectivity index (χ1n) is 8.52. The Balaban J connectivity index is 2.19. The molecule has 2 fully saturated rings. The number of aliphatic hydroxyl groups excluding tert-OH is 5. The van der Waals surface area contributed by atoms with Gasteiger partial charge in [-0.3, -0.25) is 4.79 Å². The van der Waals surface area contributed by atoms with Gasteiger partial charge in [0.2, 0.25) is 5.91 Å². The largest absolute Gasteiger partial charge is 0.394 e. The number of hydrogen-bond acceptors (Lipinski definition) is 11. The topological polar surface area (TPSA) is 193 Å². The summed E-state index contributed by atoms with van der Waals surface area (Å²) in [6, 6.07) is -2.19. The van der Waals surface area contributed by atoms with Gasteiger partial charge in [-0.1, -0.05) is 0 Å². The van der Waals surface area contributed by atoms with E-state index in [9.17, 15) is 30.3 Å². The summed E-state index contributed by atoms with van der Waals surface area (Å²) in [5, 5.41) is 52.1. The molecule has 12 nitrogen and oxygen atoms in total. The highest BCUT2D eigenvalue weighted by Crippen LogP contribution is 2.28. The smallest absolute Gasteiger partial charge is 0.217 e. The average Bonchev–Trinajstić information content (AvgIpc) is 2.64. The van der Waals surface area contributed by atoms with Crippen molar-refractivity contribution in [3.05, 3.63) is 0 Å². The molecular weight excluding hydrogens is 368 g/mol. The molecule has 2 rings (SSSR count). The molecule has 0 aromatic carbocycles. The molecule has 0 aromatic heterocycles. The first kappa shape index (κ1) is 22.4.